The molecule has 0 aliphatic carbocycles. The quantitative estimate of drug-likeness (QED) is 0.0255. The summed E-state index contributed by atoms with van der Waals surface area (Å²) < 4.78 is 0. The minimum atomic E-state index is -0.241. The summed E-state index contributed by atoms with van der Waals surface area (Å²) in [5.74, 6) is 1.68. The molecule has 6 N–H and O–H groups in total. The Hall–Kier alpha value is -4.08. The van der Waals surface area contributed by atoms with Crippen LogP contribution in [0.5, 0.6) is 0 Å². The number of fused-ring (bicyclic) bond motifs is 2. The summed E-state index contributed by atoms with van der Waals surface area (Å²) in [6.07, 6.45) is 36.9. The number of aromatic nitrogens is 4. The van der Waals surface area contributed by atoms with Crippen LogP contribution in [0.25, 0.3) is 22.1 Å². The van der Waals surface area contributed by atoms with Crippen molar-refractivity contribution in [3.05, 3.63) is 57.4 Å². The maximum atomic E-state index is 12.6. The van der Waals surface area contributed by atoms with Gasteiger partial charge < -0.3 is 30.6 Å². The van der Waals surface area contributed by atoms with Crippen LogP contribution >= 0.6 is 0 Å². The van der Waals surface area contributed by atoms with E-state index >= 15 is 0 Å². The molecule has 10 heteroatoms. The van der Waals surface area contributed by atoms with Crippen molar-refractivity contribution >= 4 is 45.3 Å². The van der Waals surface area contributed by atoms with Gasteiger partial charge in [0.25, 0.3) is 0 Å². The Bertz CT molecular complexity index is 1750. The smallest absolute Gasteiger partial charge is 0.323 e. The topological polar surface area (TPSA) is 155 Å². The van der Waals surface area contributed by atoms with Crippen molar-refractivity contribution in [2.45, 2.75) is 206 Å². The Balaban J connectivity index is 1.19. The van der Waals surface area contributed by atoms with E-state index in [1.807, 2.05) is 24.3 Å². The molecule has 0 spiro atoms. The molecular weight excluding hydrogens is 749 g/mol. The lowest BCUT2D eigenvalue weighted by Gasteiger charge is -2.28. The lowest BCUT2D eigenvalue weighted by molar-refractivity contribution is -0.117. The van der Waals surface area contributed by atoms with E-state index in [0.717, 1.165) is 48.6 Å². The molecule has 0 saturated heterocycles. The molecule has 2 atom stereocenters. The molecule has 10 nitrogen and oxygen atoms in total. The number of rotatable bonds is 35. The largest absolute Gasteiger partial charge is 0.326 e. The van der Waals surface area contributed by atoms with Crippen LogP contribution < -0.4 is 22.0 Å². The zero-order valence-corrected chi connectivity index (χ0v) is 37.5. The summed E-state index contributed by atoms with van der Waals surface area (Å²) in [6.45, 7) is 4.59. The second-order valence-electron chi connectivity index (χ2n) is 17.7. The van der Waals surface area contributed by atoms with Gasteiger partial charge in [-0.3, -0.25) is 9.59 Å². The van der Waals surface area contributed by atoms with Crippen molar-refractivity contribution in [1.29, 1.82) is 0 Å². The first kappa shape index (κ1) is 48.6. The van der Waals surface area contributed by atoms with Crippen molar-refractivity contribution in [3.63, 3.8) is 0 Å². The number of benzene rings is 2. The van der Waals surface area contributed by atoms with Gasteiger partial charge in [-0.05, 0) is 61.1 Å². The van der Waals surface area contributed by atoms with Crippen molar-refractivity contribution in [1.82, 2.24) is 19.9 Å². The van der Waals surface area contributed by atoms with Crippen LogP contribution in [-0.2, 0) is 9.59 Å². The van der Waals surface area contributed by atoms with E-state index in [1.165, 1.54) is 154 Å². The summed E-state index contributed by atoms with van der Waals surface area (Å²) >= 11 is 0. The fourth-order valence-electron chi connectivity index (χ4n) is 9.07. The minimum absolute atomic E-state index is 0.0303. The molecule has 2 aromatic carbocycles. The Morgan fingerprint density at radius 2 is 0.717 bits per heavy atom. The van der Waals surface area contributed by atoms with Crippen LogP contribution in [0.1, 0.15) is 206 Å². The van der Waals surface area contributed by atoms with Gasteiger partial charge >= 0.3 is 11.4 Å². The van der Waals surface area contributed by atoms with Crippen LogP contribution in [0.2, 0.25) is 0 Å². The molecule has 2 unspecified atom stereocenters. The van der Waals surface area contributed by atoms with E-state index in [0.29, 0.717) is 35.2 Å². The zero-order chi connectivity index (χ0) is 42.6. The van der Waals surface area contributed by atoms with Crippen molar-refractivity contribution in [3.8, 4) is 0 Å². The summed E-state index contributed by atoms with van der Waals surface area (Å²) in [5, 5.41) is 5.99. The third-order valence-electron chi connectivity index (χ3n) is 12.6. The van der Waals surface area contributed by atoms with E-state index in [4.69, 9.17) is 0 Å². The number of carbonyl (C=O) groups is 2. The zero-order valence-electron chi connectivity index (χ0n) is 37.5. The number of aromatic amines is 4. The molecule has 2 amide bonds. The molecule has 0 aliphatic heterocycles. The normalized spacial score (nSPS) is 12.6. The molecule has 0 aliphatic rings. The standard InChI is InChI=1S/C50H80N6O4/c1-3-5-7-9-11-15-21-27-39(29-23-17-13-19-25-31-47(57)51-41-33-35-43-45(37-41)55-49(59)53-43)40(28-22-16-12-10-8-6-4-2)30-24-18-14-20-26-32-48(58)52-42-34-36-44-46(38-42)56-50(60)54-44/h33-40H,3-32H2,1-2H3,(H,51,57)(H,52,58)(H2,53,55,59)(H2,54,56,60). The van der Waals surface area contributed by atoms with E-state index < -0.39 is 0 Å². The highest BCUT2D eigenvalue weighted by Gasteiger charge is 2.21. The number of unbranched alkanes of at least 4 members (excludes halogenated alkanes) is 20. The van der Waals surface area contributed by atoms with Gasteiger partial charge in [0.1, 0.15) is 0 Å². The number of H-pyrrole nitrogens is 4. The molecule has 60 heavy (non-hydrogen) atoms. The predicted octanol–water partition coefficient (Wildman–Crippen LogP) is 13.6. The summed E-state index contributed by atoms with van der Waals surface area (Å²) in [6, 6.07) is 10.9. The van der Waals surface area contributed by atoms with Crippen molar-refractivity contribution in [2.75, 3.05) is 10.6 Å². The molecule has 2 aromatic heterocycles. The van der Waals surface area contributed by atoms with E-state index in [1.54, 1.807) is 12.1 Å². The number of nitrogens with one attached hydrogen (secondary N) is 6. The molecule has 0 saturated carbocycles. The molecule has 0 fully saturated rings. The van der Waals surface area contributed by atoms with Gasteiger partial charge in [-0.25, -0.2) is 9.59 Å². The number of anilines is 2. The Kier molecular flexibility index (Phi) is 23.7. The molecule has 4 rings (SSSR count). The Labute approximate surface area is 360 Å². The average Bonchev–Trinajstić information content (AvgIpc) is 3.80. The SMILES string of the molecule is CCCCCCCCCC(CCCCCCCC(=O)Nc1ccc2[nH]c(=O)[nH]c2c1)C(CCCCCCCCC)CCCCCCCC(=O)Nc1ccc2[nH]c(=O)[nH]c2c1. The molecule has 2 heterocycles. The lowest BCUT2D eigenvalue weighted by Crippen LogP contribution is -2.16. The first-order valence-corrected chi connectivity index (χ1v) is 24.4. The van der Waals surface area contributed by atoms with Crippen LogP contribution in [0, 0.1) is 11.8 Å². The molecule has 0 radical (unpaired) electrons. The molecule has 0 bridgehead atoms. The van der Waals surface area contributed by atoms with Gasteiger partial charge in [-0.1, -0.05) is 181 Å². The number of hydrogen-bond acceptors (Lipinski definition) is 4. The first-order chi connectivity index (χ1) is 29.3. The fourth-order valence-corrected chi connectivity index (χ4v) is 9.07. The van der Waals surface area contributed by atoms with Gasteiger partial charge in [-0.15, -0.1) is 0 Å². The van der Waals surface area contributed by atoms with E-state index in [2.05, 4.69) is 44.4 Å². The third kappa shape index (κ3) is 19.5. The van der Waals surface area contributed by atoms with E-state index in [-0.39, 0.29) is 23.2 Å². The molecule has 334 valence electrons. The van der Waals surface area contributed by atoms with Gasteiger partial charge in [0.15, 0.2) is 0 Å². The number of hydrogen-bond donors (Lipinski definition) is 6. The van der Waals surface area contributed by atoms with Gasteiger partial charge in [0, 0.05) is 24.2 Å². The predicted molar refractivity (Wildman–Crippen MR) is 252 cm³/mol. The molecule has 4 aromatic rings. The highest BCUT2D eigenvalue weighted by molar-refractivity contribution is 5.93. The van der Waals surface area contributed by atoms with Crippen molar-refractivity contribution < 1.29 is 9.59 Å². The van der Waals surface area contributed by atoms with Crippen LogP contribution in [0.3, 0.4) is 0 Å². The number of amides is 2. The lowest BCUT2D eigenvalue weighted by atomic mass is 9.78. The van der Waals surface area contributed by atoms with Crippen molar-refractivity contribution in [2.24, 2.45) is 11.8 Å². The van der Waals surface area contributed by atoms with Crippen LogP contribution in [0.4, 0.5) is 11.4 Å². The second-order valence-corrected chi connectivity index (χ2v) is 17.7. The summed E-state index contributed by atoms with van der Waals surface area (Å²) in [5.41, 5.74) is 3.82. The number of carbonyl (C=O) groups excluding carboxylic acids is 2. The monoisotopic (exact) mass is 829 g/mol. The van der Waals surface area contributed by atoms with Gasteiger partial charge in [-0.2, -0.15) is 0 Å². The highest BCUT2D eigenvalue weighted by Crippen LogP contribution is 2.34. The maximum Gasteiger partial charge on any atom is 0.323 e. The first-order valence-electron chi connectivity index (χ1n) is 24.4. The second kappa shape index (κ2) is 29.2. The molecular formula is C50H80N6O4. The Morgan fingerprint density at radius 3 is 1.07 bits per heavy atom. The van der Waals surface area contributed by atoms with Crippen LogP contribution in [0.15, 0.2) is 46.0 Å². The third-order valence-corrected chi connectivity index (χ3v) is 12.6. The fraction of sp³-hybridized carbons (Fsp3) is 0.680. The summed E-state index contributed by atoms with van der Waals surface area (Å²) in [4.78, 5) is 59.4. The highest BCUT2D eigenvalue weighted by atomic mass is 16.2. The summed E-state index contributed by atoms with van der Waals surface area (Å²) in [7, 11) is 0. The minimum Gasteiger partial charge on any atom is -0.326 e. The number of imidazole rings is 2. The van der Waals surface area contributed by atoms with Gasteiger partial charge in [0.2, 0.25) is 11.8 Å². The Morgan fingerprint density at radius 1 is 0.417 bits per heavy atom. The van der Waals surface area contributed by atoms with E-state index in [9.17, 15) is 19.2 Å². The van der Waals surface area contributed by atoms with Crippen LogP contribution in [-0.4, -0.2) is 31.8 Å². The maximum absolute atomic E-state index is 12.6. The van der Waals surface area contributed by atoms with Gasteiger partial charge in [0.05, 0.1) is 22.1 Å². The average molecular weight is 829 g/mol.